The number of halogens is 1. The lowest BCUT2D eigenvalue weighted by molar-refractivity contribution is 0.0920. The minimum Gasteiger partial charge on any atom is -0.451 e. The Morgan fingerprint density at radius 1 is 0.952 bits per heavy atom. The molecule has 4 aromatic rings. The first-order valence-corrected chi connectivity index (χ1v) is 13.8. The summed E-state index contributed by atoms with van der Waals surface area (Å²) in [5, 5.41) is 27.5. The Hall–Kier alpha value is -4.52. The minimum atomic E-state index is -1.80. The number of nitrogens with one attached hydrogen (secondary N) is 2. The molecule has 0 unspecified atom stereocenters. The van der Waals surface area contributed by atoms with Crippen LogP contribution < -0.4 is 21.7 Å². The first kappa shape index (κ1) is 30.4. The monoisotopic (exact) mass is 678 g/mol. The summed E-state index contributed by atoms with van der Waals surface area (Å²) in [5.41, 5.74) is 5.40. The molecule has 0 saturated carbocycles. The first-order chi connectivity index (χ1) is 20.2. The van der Waals surface area contributed by atoms with Crippen molar-refractivity contribution in [2.75, 3.05) is 0 Å². The van der Waals surface area contributed by atoms with Gasteiger partial charge in [0.2, 0.25) is 0 Å². The molecule has 42 heavy (non-hydrogen) atoms. The zero-order valence-electron chi connectivity index (χ0n) is 22.3. The van der Waals surface area contributed by atoms with E-state index >= 15 is 0 Å². The number of hydrazone groups is 2. The van der Waals surface area contributed by atoms with Gasteiger partial charge in [0.25, 0.3) is 0 Å². The van der Waals surface area contributed by atoms with Crippen molar-refractivity contribution in [3.05, 3.63) is 96.8 Å². The van der Waals surface area contributed by atoms with E-state index in [4.69, 9.17) is 8.83 Å². The lowest BCUT2D eigenvalue weighted by atomic mass is 9.79. The molecule has 0 bridgehead atoms. The van der Waals surface area contributed by atoms with Crippen LogP contribution in [0.5, 0.6) is 0 Å². The van der Waals surface area contributed by atoms with Gasteiger partial charge in [0.05, 0.1) is 17.8 Å². The average molecular weight is 678 g/mol. The summed E-state index contributed by atoms with van der Waals surface area (Å²) in [5.74, 6) is 4.69. The van der Waals surface area contributed by atoms with Gasteiger partial charge < -0.3 is 18.9 Å². The van der Waals surface area contributed by atoms with E-state index in [-0.39, 0.29) is 28.0 Å². The predicted octanol–water partition coefficient (Wildman–Crippen LogP) is 2.74. The molecule has 2 amide bonds. The molecular weight excluding hydrogens is 654 g/mol. The molecule has 2 aromatic heterocycles. The maximum atomic E-state index is 12.5. The zero-order chi connectivity index (χ0) is 30.1. The van der Waals surface area contributed by atoms with Gasteiger partial charge >= 0.3 is 18.9 Å². The highest BCUT2D eigenvalue weighted by Gasteiger charge is 2.14. The molecule has 2 heterocycles. The fourth-order valence-corrected chi connectivity index (χ4v) is 4.12. The van der Waals surface area contributed by atoms with Crippen LogP contribution in [0.15, 0.2) is 78.4 Å². The molecule has 4 N–H and O–H groups in total. The number of hydrogen-bond acceptors (Lipinski definition) is 9. The number of rotatable bonds is 9. The molecule has 0 saturated heterocycles. The maximum Gasteiger partial charge on any atom is 0.488 e. The van der Waals surface area contributed by atoms with E-state index in [0.29, 0.717) is 22.3 Å². The third-order valence-electron chi connectivity index (χ3n) is 5.67. The van der Waals surface area contributed by atoms with Crippen molar-refractivity contribution in [1.29, 1.82) is 0 Å². The maximum absolute atomic E-state index is 12.5. The van der Waals surface area contributed by atoms with Gasteiger partial charge in [-0.3, -0.25) is 14.4 Å². The molecule has 0 aliphatic rings. The van der Waals surface area contributed by atoms with Crippen LogP contribution >= 0.6 is 22.6 Å². The SMILES string of the molecule is CCCCC#Cc1ccc(C(=O)N/N=C/c2cc(/C=N/NC(=O)c3cc(=O)c4cc(I)ccc4o3)cc(B(O)O)c2)o1. The van der Waals surface area contributed by atoms with Crippen molar-refractivity contribution in [3.8, 4) is 11.8 Å². The van der Waals surface area contributed by atoms with E-state index in [1.165, 1.54) is 30.6 Å². The fraction of sp³-hybridized carbons (Fsp3) is 0.138. The largest absolute Gasteiger partial charge is 0.488 e. The van der Waals surface area contributed by atoms with E-state index in [1.54, 1.807) is 30.3 Å². The van der Waals surface area contributed by atoms with Gasteiger partial charge in [-0.15, -0.1) is 0 Å². The number of amides is 2. The standard InChI is InChI=1S/C29H24BIN4O7/c1-2-3-4-5-6-22-8-10-26(41-22)28(37)34-32-16-18-11-19(13-20(12-18)30(39)40)17-33-35-29(38)27-15-24(36)23-14-21(31)7-9-25(23)42-27/h7-17,39-40H,2-4H2,1H3,(H,34,37)(H,35,38)/b32-16+,33-17+. The topological polar surface area (TPSA) is 167 Å². The van der Waals surface area contributed by atoms with Crippen LogP contribution in [0.3, 0.4) is 0 Å². The molecule has 0 fully saturated rings. The molecule has 0 aliphatic carbocycles. The van der Waals surface area contributed by atoms with Crippen molar-refractivity contribution in [1.82, 2.24) is 10.9 Å². The Bertz CT molecular complexity index is 1800. The van der Waals surface area contributed by atoms with Crippen molar-refractivity contribution in [3.63, 3.8) is 0 Å². The van der Waals surface area contributed by atoms with Crippen molar-refractivity contribution < 1.29 is 28.5 Å². The summed E-state index contributed by atoms with van der Waals surface area (Å²) >= 11 is 2.07. The highest BCUT2D eigenvalue weighted by molar-refractivity contribution is 14.1. The normalized spacial score (nSPS) is 11.0. The summed E-state index contributed by atoms with van der Waals surface area (Å²) in [4.78, 5) is 37.3. The van der Waals surface area contributed by atoms with E-state index in [9.17, 15) is 24.4 Å². The molecule has 212 valence electrons. The van der Waals surface area contributed by atoms with Crippen LogP contribution in [-0.2, 0) is 0 Å². The molecule has 0 radical (unpaired) electrons. The molecule has 0 atom stereocenters. The molecule has 13 heteroatoms. The highest BCUT2D eigenvalue weighted by atomic mass is 127. The minimum absolute atomic E-state index is 0.0343. The second-order valence-electron chi connectivity index (χ2n) is 8.89. The average Bonchev–Trinajstić information content (AvgIpc) is 3.44. The van der Waals surface area contributed by atoms with Crippen LogP contribution in [0.1, 0.15) is 64.2 Å². The van der Waals surface area contributed by atoms with Crippen molar-refractivity contribution in [2.24, 2.45) is 10.2 Å². The summed E-state index contributed by atoms with van der Waals surface area (Å²) < 4.78 is 11.8. The van der Waals surface area contributed by atoms with Gasteiger partial charge in [-0.2, -0.15) is 10.2 Å². The fourth-order valence-electron chi connectivity index (χ4n) is 3.62. The molecule has 11 nitrogen and oxygen atoms in total. The van der Waals surface area contributed by atoms with Crippen LogP contribution in [0.2, 0.25) is 0 Å². The molecule has 2 aromatic carbocycles. The Labute approximate surface area is 254 Å². The van der Waals surface area contributed by atoms with E-state index < -0.39 is 18.9 Å². The molecular formula is C29H24BIN4O7. The lowest BCUT2D eigenvalue weighted by Crippen LogP contribution is -2.30. The smallest absolute Gasteiger partial charge is 0.451 e. The summed E-state index contributed by atoms with van der Waals surface area (Å²) in [7, 11) is -1.80. The number of unbranched alkanes of at least 4 members (excludes halogenated alkanes) is 2. The zero-order valence-corrected chi connectivity index (χ0v) is 24.4. The number of fused-ring (bicyclic) bond motifs is 1. The van der Waals surface area contributed by atoms with Crippen LogP contribution in [0.25, 0.3) is 11.0 Å². The summed E-state index contributed by atoms with van der Waals surface area (Å²) in [6.45, 7) is 2.07. The quantitative estimate of drug-likeness (QED) is 0.0528. The predicted molar refractivity (Wildman–Crippen MR) is 167 cm³/mol. The first-order valence-electron chi connectivity index (χ1n) is 12.7. The Morgan fingerprint density at radius 2 is 1.64 bits per heavy atom. The van der Waals surface area contributed by atoms with E-state index in [2.05, 4.69) is 62.4 Å². The third-order valence-corrected chi connectivity index (χ3v) is 6.34. The summed E-state index contributed by atoms with van der Waals surface area (Å²) in [6, 6.07) is 13.6. The molecule has 0 aliphatic heterocycles. The van der Waals surface area contributed by atoms with Gasteiger partial charge in [-0.1, -0.05) is 31.4 Å². The molecule has 4 rings (SSSR count). The lowest BCUT2D eigenvalue weighted by Gasteiger charge is -2.05. The number of benzene rings is 2. The second-order valence-corrected chi connectivity index (χ2v) is 10.1. The van der Waals surface area contributed by atoms with Gasteiger partial charge in [-0.25, -0.2) is 10.9 Å². The van der Waals surface area contributed by atoms with Crippen LogP contribution in [-0.4, -0.2) is 41.4 Å². The van der Waals surface area contributed by atoms with Crippen LogP contribution in [0, 0.1) is 15.4 Å². The second kappa shape index (κ2) is 14.4. The van der Waals surface area contributed by atoms with Crippen molar-refractivity contribution in [2.45, 2.75) is 26.2 Å². The van der Waals surface area contributed by atoms with Crippen molar-refractivity contribution >= 4 is 70.4 Å². The number of furan rings is 1. The Morgan fingerprint density at radius 3 is 2.31 bits per heavy atom. The molecule has 0 spiro atoms. The third kappa shape index (κ3) is 8.26. The van der Waals surface area contributed by atoms with Gasteiger partial charge in [0.1, 0.15) is 5.58 Å². The van der Waals surface area contributed by atoms with Gasteiger partial charge in [-0.05, 0) is 87.9 Å². The van der Waals surface area contributed by atoms with E-state index in [0.717, 1.165) is 28.9 Å². The Balaban J connectivity index is 1.42. The highest BCUT2D eigenvalue weighted by Crippen LogP contribution is 2.16. The Kier molecular flexibility index (Phi) is 10.4. The van der Waals surface area contributed by atoms with E-state index in [1.807, 2.05) is 0 Å². The van der Waals surface area contributed by atoms with Gasteiger partial charge in [0, 0.05) is 16.1 Å². The van der Waals surface area contributed by atoms with Gasteiger partial charge in [0.15, 0.2) is 22.7 Å². The number of carbonyl (C=O) groups is 2. The number of hydrogen-bond donors (Lipinski definition) is 4. The van der Waals surface area contributed by atoms with Crippen LogP contribution in [0.4, 0.5) is 0 Å². The number of nitrogens with zero attached hydrogens (tertiary/aromatic N) is 2. The number of carbonyl (C=O) groups excluding carboxylic acids is 2. The summed E-state index contributed by atoms with van der Waals surface area (Å²) in [6.07, 6.45) is 5.31.